The van der Waals surface area contributed by atoms with Gasteiger partial charge in [-0.2, -0.15) is 0 Å². The van der Waals surface area contributed by atoms with Gasteiger partial charge in [0, 0.05) is 46.7 Å². The summed E-state index contributed by atoms with van der Waals surface area (Å²) in [7, 11) is 0. The molecule has 2 aromatic carbocycles. The van der Waals surface area contributed by atoms with Crippen LogP contribution in [0.25, 0.3) is 22.6 Å². The van der Waals surface area contributed by atoms with Crippen LogP contribution in [0.4, 0.5) is 0 Å². The van der Waals surface area contributed by atoms with Crippen molar-refractivity contribution in [3.8, 4) is 22.6 Å². The monoisotopic (exact) mass is 553 g/mol. The summed E-state index contributed by atoms with van der Waals surface area (Å²) in [5.74, 6) is 0.589. The molecule has 1 aliphatic heterocycles. The number of benzene rings is 2. The number of aromatic nitrogens is 5. The molecule has 9 nitrogen and oxygen atoms in total. The van der Waals surface area contributed by atoms with Crippen LogP contribution < -0.4 is 5.73 Å². The molecule has 0 spiro atoms. The zero-order valence-electron chi connectivity index (χ0n) is 22.7. The molecule has 204 valence electrons. The Morgan fingerprint density at radius 3 is 2.42 bits per heavy atom. The van der Waals surface area contributed by atoms with Crippen molar-refractivity contribution in [2.24, 2.45) is 5.73 Å². The second kappa shape index (κ2) is 12.3. The Morgan fingerprint density at radius 1 is 1.05 bits per heavy atom. The van der Waals surface area contributed by atoms with Crippen LogP contribution in [0.1, 0.15) is 64.4 Å². The summed E-state index contributed by atoms with van der Waals surface area (Å²) < 4.78 is 5.76. The molecular weight excluding hydrogens is 522 g/mol. The lowest BCUT2D eigenvalue weighted by Gasteiger charge is -2.23. The van der Waals surface area contributed by atoms with E-state index >= 15 is 0 Å². The Hall–Kier alpha value is -4.28. The van der Waals surface area contributed by atoms with Crippen LogP contribution in [0, 0.1) is 13.8 Å². The van der Waals surface area contributed by atoms with Gasteiger partial charge in [0.2, 0.25) is 11.8 Å². The SMILES string of the molecule is Cc1ccccc1.Cc1csc([C@H]2CCCN2C(=O)c2cc(-c3cncnc3)cc(-c3nnc([C@H](C)N)o3)c2)n1. The summed E-state index contributed by atoms with van der Waals surface area (Å²) in [6.45, 7) is 6.52. The van der Waals surface area contributed by atoms with Crippen molar-refractivity contribution in [3.63, 3.8) is 0 Å². The maximum absolute atomic E-state index is 13.7. The van der Waals surface area contributed by atoms with Crippen LogP contribution in [-0.4, -0.2) is 42.5 Å². The van der Waals surface area contributed by atoms with Gasteiger partial charge in [-0.05, 0) is 57.4 Å². The maximum Gasteiger partial charge on any atom is 0.254 e. The minimum atomic E-state index is -0.384. The molecule has 0 saturated carbocycles. The first-order chi connectivity index (χ1) is 19.4. The van der Waals surface area contributed by atoms with E-state index in [0.717, 1.165) is 34.7 Å². The second-order valence-corrected chi connectivity index (χ2v) is 10.7. The molecule has 0 aliphatic carbocycles. The summed E-state index contributed by atoms with van der Waals surface area (Å²) in [6, 6.07) is 15.4. The van der Waals surface area contributed by atoms with Crippen molar-refractivity contribution < 1.29 is 9.21 Å². The van der Waals surface area contributed by atoms with Crippen LogP contribution in [0.5, 0.6) is 0 Å². The maximum atomic E-state index is 13.7. The Morgan fingerprint density at radius 2 is 1.80 bits per heavy atom. The Kier molecular flexibility index (Phi) is 8.37. The van der Waals surface area contributed by atoms with E-state index in [1.54, 1.807) is 36.7 Å². The molecular formula is C30H31N7O2S. The van der Waals surface area contributed by atoms with E-state index in [4.69, 9.17) is 10.2 Å². The van der Waals surface area contributed by atoms with E-state index in [1.165, 1.54) is 11.9 Å². The third-order valence-electron chi connectivity index (χ3n) is 6.53. The van der Waals surface area contributed by atoms with Gasteiger partial charge < -0.3 is 15.1 Å². The minimum Gasteiger partial charge on any atom is -0.419 e. The molecule has 3 aromatic heterocycles. The van der Waals surface area contributed by atoms with Crippen LogP contribution in [0.2, 0.25) is 0 Å². The molecule has 2 N–H and O–H groups in total. The van der Waals surface area contributed by atoms with E-state index in [9.17, 15) is 4.79 Å². The average molecular weight is 554 g/mol. The van der Waals surface area contributed by atoms with Crippen LogP contribution in [0.3, 0.4) is 0 Å². The van der Waals surface area contributed by atoms with Crippen LogP contribution in [-0.2, 0) is 0 Å². The van der Waals surface area contributed by atoms with Crippen molar-refractivity contribution in [1.82, 2.24) is 30.0 Å². The number of nitrogens with zero attached hydrogens (tertiary/aromatic N) is 6. The molecule has 0 radical (unpaired) electrons. The number of hydrogen-bond acceptors (Lipinski definition) is 9. The fourth-order valence-electron chi connectivity index (χ4n) is 4.52. The van der Waals surface area contributed by atoms with Gasteiger partial charge in [-0.1, -0.05) is 35.9 Å². The van der Waals surface area contributed by atoms with Crippen molar-refractivity contribution in [2.75, 3.05) is 6.54 Å². The van der Waals surface area contributed by atoms with E-state index in [1.807, 2.05) is 47.5 Å². The number of amides is 1. The van der Waals surface area contributed by atoms with Crippen molar-refractivity contribution in [2.45, 2.75) is 45.7 Å². The van der Waals surface area contributed by atoms with Crippen LogP contribution in [0.15, 0.2) is 77.0 Å². The van der Waals surface area contributed by atoms with E-state index in [0.29, 0.717) is 29.5 Å². The number of rotatable bonds is 5. The first-order valence-corrected chi connectivity index (χ1v) is 14.0. The quantitative estimate of drug-likeness (QED) is 0.283. The number of carbonyl (C=O) groups is 1. The predicted molar refractivity (Wildman–Crippen MR) is 154 cm³/mol. The first-order valence-electron chi connectivity index (χ1n) is 13.1. The lowest BCUT2D eigenvalue weighted by molar-refractivity contribution is 0.0735. The average Bonchev–Trinajstić information content (AvgIpc) is 3.75. The van der Waals surface area contributed by atoms with Crippen molar-refractivity contribution in [1.29, 1.82) is 0 Å². The number of nitrogens with two attached hydrogens (primary N) is 1. The normalized spacial score (nSPS) is 15.4. The highest BCUT2D eigenvalue weighted by Gasteiger charge is 2.33. The van der Waals surface area contributed by atoms with E-state index < -0.39 is 0 Å². The lowest BCUT2D eigenvalue weighted by atomic mass is 10.0. The number of hydrogen-bond donors (Lipinski definition) is 1. The van der Waals surface area contributed by atoms with Gasteiger partial charge in [0.05, 0.1) is 12.1 Å². The second-order valence-electron chi connectivity index (χ2n) is 9.80. The Bertz CT molecular complexity index is 1570. The molecule has 0 bridgehead atoms. The topological polar surface area (TPSA) is 124 Å². The molecule has 5 aromatic rings. The van der Waals surface area contributed by atoms with Gasteiger partial charge in [-0.3, -0.25) is 4.79 Å². The minimum absolute atomic E-state index is 0.0172. The zero-order valence-corrected chi connectivity index (χ0v) is 23.5. The summed E-state index contributed by atoms with van der Waals surface area (Å²) in [6.07, 6.45) is 6.73. The standard InChI is InChI=1S/C23H23N7O2S.C7H8/c1-13-11-33-22(27-13)19-4-3-5-30(19)23(31)17-7-15(18-9-25-12-26-10-18)6-16(8-17)21-29-28-20(32-21)14(2)24;1-7-5-3-2-4-6-7/h6-12,14,19H,3-5,24H2,1-2H3;2-6H,1H3/t14-,19+;/m0./s1. The van der Waals surface area contributed by atoms with Gasteiger partial charge in [0.15, 0.2) is 0 Å². The molecule has 0 unspecified atom stereocenters. The van der Waals surface area contributed by atoms with Gasteiger partial charge in [0.1, 0.15) is 11.3 Å². The molecule has 4 heterocycles. The number of carbonyl (C=O) groups excluding carboxylic acids is 1. The Balaban J connectivity index is 0.000000403. The molecule has 1 aliphatic rings. The first kappa shape index (κ1) is 27.3. The van der Waals surface area contributed by atoms with Gasteiger partial charge in [0.25, 0.3) is 5.91 Å². The summed E-state index contributed by atoms with van der Waals surface area (Å²) >= 11 is 1.60. The zero-order chi connectivity index (χ0) is 28.1. The lowest BCUT2D eigenvalue weighted by Crippen LogP contribution is -2.30. The highest BCUT2D eigenvalue weighted by molar-refractivity contribution is 7.09. The fourth-order valence-corrected chi connectivity index (χ4v) is 5.46. The summed E-state index contributed by atoms with van der Waals surface area (Å²) in [5, 5.41) is 11.2. The number of thiazole rings is 1. The van der Waals surface area contributed by atoms with Gasteiger partial charge in [-0.25, -0.2) is 15.0 Å². The highest BCUT2D eigenvalue weighted by Crippen LogP contribution is 2.36. The van der Waals surface area contributed by atoms with E-state index in [2.05, 4.69) is 44.2 Å². The van der Waals surface area contributed by atoms with Crippen molar-refractivity contribution in [3.05, 3.63) is 100 Å². The largest absolute Gasteiger partial charge is 0.419 e. The highest BCUT2D eigenvalue weighted by atomic mass is 32.1. The number of aryl methyl sites for hydroxylation is 2. The number of likely N-dealkylation sites (tertiary alicyclic amines) is 1. The molecule has 2 atom stereocenters. The Labute approximate surface area is 237 Å². The molecule has 10 heteroatoms. The third kappa shape index (κ3) is 6.30. The molecule has 40 heavy (non-hydrogen) atoms. The van der Waals surface area contributed by atoms with E-state index in [-0.39, 0.29) is 18.0 Å². The molecule has 6 rings (SSSR count). The fraction of sp³-hybridized carbons (Fsp3) is 0.267. The summed E-state index contributed by atoms with van der Waals surface area (Å²) in [5.41, 5.74) is 10.9. The molecule has 1 fully saturated rings. The van der Waals surface area contributed by atoms with Crippen LogP contribution >= 0.6 is 11.3 Å². The molecule has 1 amide bonds. The molecule has 1 saturated heterocycles. The van der Waals surface area contributed by atoms with Gasteiger partial charge in [-0.15, -0.1) is 21.5 Å². The van der Waals surface area contributed by atoms with Crippen molar-refractivity contribution >= 4 is 17.2 Å². The smallest absolute Gasteiger partial charge is 0.254 e. The third-order valence-corrected chi connectivity index (χ3v) is 7.59. The predicted octanol–water partition coefficient (Wildman–Crippen LogP) is 5.95. The van der Waals surface area contributed by atoms with Gasteiger partial charge >= 0.3 is 0 Å². The summed E-state index contributed by atoms with van der Waals surface area (Å²) in [4.78, 5) is 28.5.